The van der Waals surface area contributed by atoms with Crippen molar-refractivity contribution in [3.8, 4) is 0 Å². The molecule has 2 aliphatic rings. The Morgan fingerprint density at radius 1 is 1.32 bits per heavy atom. The number of rotatable bonds is 4. The third-order valence-corrected chi connectivity index (χ3v) is 5.98. The first-order chi connectivity index (χ1) is 13.4. The van der Waals surface area contributed by atoms with Crippen LogP contribution in [0.5, 0.6) is 0 Å². The molecule has 4 heterocycles. The van der Waals surface area contributed by atoms with Gasteiger partial charge < -0.3 is 9.80 Å². The minimum Gasteiger partial charge on any atom is -0.342 e. The molecule has 4 rings (SSSR count). The SMILES string of the molecule is Cc1cc(C)n(C(C)CC(=O)N2CCC(c3ncc4c(n3)CCN(C)C4)C2)n1. The minimum atomic E-state index is 0.0669. The van der Waals surface area contributed by atoms with Gasteiger partial charge in [-0.25, -0.2) is 9.97 Å². The first kappa shape index (κ1) is 19.1. The second-order valence-electron chi connectivity index (χ2n) is 8.44. The standard InChI is InChI=1S/C21H30N6O/c1-14-9-15(2)27(24-14)16(3)10-20(28)26-8-5-17(13-26)21-22-11-18-12-25(4)7-6-19(18)23-21/h9,11,16-17H,5-8,10,12-13H2,1-4H3. The molecular formula is C21H30N6O. The summed E-state index contributed by atoms with van der Waals surface area (Å²) in [5.74, 6) is 1.35. The normalized spacial score (nSPS) is 21.0. The van der Waals surface area contributed by atoms with Gasteiger partial charge in [-0.3, -0.25) is 9.48 Å². The highest BCUT2D eigenvalue weighted by atomic mass is 16.2. The van der Waals surface area contributed by atoms with Crippen molar-refractivity contribution in [1.82, 2.24) is 29.5 Å². The zero-order valence-corrected chi connectivity index (χ0v) is 17.4. The maximum atomic E-state index is 12.8. The van der Waals surface area contributed by atoms with E-state index in [1.165, 1.54) is 11.3 Å². The molecule has 0 N–H and O–H groups in total. The fraction of sp³-hybridized carbons (Fsp3) is 0.619. The third kappa shape index (κ3) is 3.81. The van der Waals surface area contributed by atoms with Gasteiger partial charge in [-0.1, -0.05) is 0 Å². The molecule has 1 saturated heterocycles. The molecule has 2 aromatic heterocycles. The van der Waals surface area contributed by atoms with E-state index < -0.39 is 0 Å². The topological polar surface area (TPSA) is 67.2 Å². The van der Waals surface area contributed by atoms with Crippen LogP contribution in [0.15, 0.2) is 12.3 Å². The third-order valence-electron chi connectivity index (χ3n) is 5.98. The van der Waals surface area contributed by atoms with E-state index in [4.69, 9.17) is 4.98 Å². The Labute approximate surface area is 166 Å². The molecule has 0 bridgehead atoms. The zero-order valence-electron chi connectivity index (χ0n) is 17.4. The molecule has 0 aromatic carbocycles. The molecule has 1 fully saturated rings. The lowest BCUT2D eigenvalue weighted by Gasteiger charge is -2.24. The van der Waals surface area contributed by atoms with Crippen LogP contribution in [-0.4, -0.2) is 62.1 Å². The summed E-state index contributed by atoms with van der Waals surface area (Å²) in [5.41, 5.74) is 4.52. The first-order valence-electron chi connectivity index (χ1n) is 10.2. The fourth-order valence-corrected chi connectivity index (χ4v) is 4.43. The number of fused-ring (bicyclic) bond motifs is 1. The molecule has 0 spiro atoms. The van der Waals surface area contributed by atoms with Crippen LogP contribution in [0.2, 0.25) is 0 Å². The summed E-state index contributed by atoms with van der Waals surface area (Å²) in [6.07, 6.45) is 4.39. The van der Waals surface area contributed by atoms with Crippen LogP contribution in [0, 0.1) is 13.8 Å². The van der Waals surface area contributed by atoms with E-state index in [0.717, 1.165) is 56.2 Å². The average Bonchev–Trinajstić information content (AvgIpc) is 3.28. The monoisotopic (exact) mass is 382 g/mol. The van der Waals surface area contributed by atoms with Crippen molar-refractivity contribution < 1.29 is 4.79 Å². The summed E-state index contributed by atoms with van der Waals surface area (Å²) in [6, 6.07) is 2.12. The molecule has 2 aliphatic heterocycles. The molecular weight excluding hydrogens is 352 g/mol. The van der Waals surface area contributed by atoms with Gasteiger partial charge in [0.2, 0.25) is 5.91 Å². The molecule has 28 heavy (non-hydrogen) atoms. The van der Waals surface area contributed by atoms with E-state index in [-0.39, 0.29) is 17.9 Å². The maximum Gasteiger partial charge on any atom is 0.224 e. The molecule has 0 aliphatic carbocycles. The summed E-state index contributed by atoms with van der Waals surface area (Å²) < 4.78 is 1.96. The number of likely N-dealkylation sites (tertiary alicyclic amines) is 1. The summed E-state index contributed by atoms with van der Waals surface area (Å²) in [6.45, 7) is 9.57. The summed E-state index contributed by atoms with van der Waals surface area (Å²) in [7, 11) is 2.13. The van der Waals surface area contributed by atoms with Gasteiger partial charge in [0.1, 0.15) is 5.82 Å². The second kappa shape index (κ2) is 7.62. The number of aryl methyl sites for hydroxylation is 2. The lowest BCUT2D eigenvalue weighted by Crippen LogP contribution is -2.31. The van der Waals surface area contributed by atoms with Crippen LogP contribution >= 0.6 is 0 Å². The quantitative estimate of drug-likeness (QED) is 0.811. The Balaban J connectivity index is 1.38. The Morgan fingerprint density at radius 3 is 2.89 bits per heavy atom. The van der Waals surface area contributed by atoms with E-state index in [1.807, 2.05) is 29.6 Å². The van der Waals surface area contributed by atoms with Gasteiger partial charge in [-0.05, 0) is 40.3 Å². The number of carbonyl (C=O) groups excluding carboxylic acids is 1. The average molecular weight is 383 g/mol. The van der Waals surface area contributed by atoms with Crippen molar-refractivity contribution in [3.63, 3.8) is 0 Å². The Morgan fingerprint density at radius 2 is 2.14 bits per heavy atom. The van der Waals surface area contributed by atoms with Crippen LogP contribution in [0.1, 0.15) is 60.2 Å². The Hall–Kier alpha value is -2.28. The molecule has 2 aromatic rings. The Bertz CT molecular complexity index is 876. The van der Waals surface area contributed by atoms with E-state index in [1.54, 1.807) is 0 Å². The highest BCUT2D eigenvalue weighted by molar-refractivity contribution is 5.77. The van der Waals surface area contributed by atoms with Gasteiger partial charge in [-0.15, -0.1) is 0 Å². The second-order valence-corrected chi connectivity index (χ2v) is 8.44. The van der Waals surface area contributed by atoms with Crippen molar-refractivity contribution in [2.45, 2.75) is 58.5 Å². The van der Waals surface area contributed by atoms with E-state index in [2.05, 4.69) is 35.0 Å². The largest absolute Gasteiger partial charge is 0.342 e. The van der Waals surface area contributed by atoms with Crippen molar-refractivity contribution >= 4 is 5.91 Å². The van der Waals surface area contributed by atoms with Crippen molar-refractivity contribution in [3.05, 3.63) is 40.7 Å². The highest BCUT2D eigenvalue weighted by Crippen LogP contribution is 2.27. The summed E-state index contributed by atoms with van der Waals surface area (Å²) in [4.78, 5) is 26.6. The molecule has 1 amide bonds. The van der Waals surface area contributed by atoms with E-state index >= 15 is 0 Å². The summed E-state index contributed by atoms with van der Waals surface area (Å²) >= 11 is 0. The van der Waals surface area contributed by atoms with Crippen LogP contribution in [0.3, 0.4) is 0 Å². The maximum absolute atomic E-state index is 12.8. The molecule has 2 atom stereocenters. The number of carbonyl (C=O) groups is 1. The van der Waals surface area contributed by atoms with Crippen molar-refractivity contribution in [1.29, 1.82) is 0 Å². The fourth-order valence-electron chi connectivity index (χ4n) is 4.43. The van der Waals surface area contributed by atoms with Gasteiger partial charge in [0.15, 0.2) is 0 Å². The smallest absolute Gasteiger partial charge is 0.224 e. The van der Waals surface area contributed by atoms with Crippen LogP contribution in [-0.2, 0) is 17.8 Å². The molecule has 0 saturated carbocycles. The predicted molar refractivity (Wildman–Crippen MR) is 107 cm³/mol. The van der Waals surface area contributed by atoms with Gasteiger partial charge in [0.25, 0.3) is 0 Å². The number of hydrogen-bond donors (Lipinski definition) is 0. The van der Waals surface area contributed by atoms with Crippen molar-refractivity contribution in [2.75, 3.05) is 26.7 Å². The first-order valence-corrected chi connectivity index (χ1v) is 10.2. The van der Waals surface area contributed by atoms with Crippen molar-refractivity contribution in [2.24, 2.45) is 0 Å². The number of amides is 1. The molecule has 7 nitrogen and oxygen atoms in total. The van der Waals surface area contributed by atoms with E-state index in [9.17, 15) is 4.79 Å². The van der Waals surface area contributed by atoms with Gasteiger partial charge in [0.05, 0.1) is 11.7 Å². The number of aromatic nitrogens is 4. The number of hydrogen-bond acceptors (Lipinski definition) is 5. The van der Waals surface area contributed by atoms with Crippen LogP contribution < -0.4 is 0 Å². The van der Waals surface area contributed by atoms with Gasteiger partial charge in [0, 0.05) is 68.1 Å². The van der Waals surface area contributed by atoms with E-state index in [0.29, 0.717) is 6.42 Å². The number of likely N-dealkylation sites (N-methyl/N-ethyl adjacent to an activating group) is 1. The zero-order chi connectivity index (χ0) is 19.8. The van der Waals surface area contributed by atoms with Crippen LogP contribution in [0.25, 0.3) is 0 Å². The molecule has 7 heteroatoms. The molecule has 2 unspecified atom stereocenters. The minimum absolute atomic E-state index is 0.0669. The van der Waals surface area contributed by atoms with Crippen LogP contribution in [0.4, 0.5) is 0 Å². The van der Waals surface area contributed by atoms with Gasteiger partial charge in [-0.2, -0.15) is 5.10 Å². The summed E-state index contributed by atoms with van der Waals surface area (Å²) in [5, 5.41) is 4.52. The van der Waals surface area contributed by atoms with Gasteiger partial charge >= 0.3 is 0 Å². The lowest BCUT2D eigenvalue weighted by molar-refractivity contribution is -0.131. The number of nitrogens with zero attached hydrogens (tertiary/aromatic N) is 6. The highest BCUT2D eigenvalue weighted by Gasteiger charge is 2.30. The molecule has 0 radical (unpaired) electrons. The predicted octanol–water partition coefficient (Wildman–Crippen LogP) is 2.25. The molecule has 150 valence electrons. The Kier molecular flexibility index (Phi) is 5.19. The lowest BCUT2D eigenvalue weighted by atomic mass is 10.1.